The molecule has 4 nitrogen and oxygen atoms in total. The van der Waals surface area contributed by atoms with Crippen molar-refractivity contribution in [3.63, 3.8) is 0 Å². The van der Waals surface area contributed by atoms with Crippen LogP contribution in [0.5, 0.6) is 0 Å². The molecule has 182 valence electrons. The Hall–Kier alpha value is -2.95. The molecule has 3 fully saturated rings. The Morgan fingerprint density at radius 3 is 1.97 bits per heavy atom. The summed E-state index contributed by atoms with van der Waals surface area (Å²) in [4.78, 5) is 13.8. The lowest BCUT2D eigenvalue weighted by molar-refractivity contribution is -0.946. The Bertz CT molecular complexity index is 1100. The Balaban J connectivity index is 1.38. The van der Waals surface area contributed by atoms with Crippen LogP contribution in [0.15, 0.2) is 78.9 Å². The van der Waals surface area contributed by atoms with Crippen molar-refractivity contribution in [2.45, 2.75) is 44.8 Å². The Morgan fingerprint density at radius 1 is 0.886 bits per heavy atom. The number of nitrogens with zero attached hydrogens (tertiary/aromatic N) is 1. The lowest BCUT2D eigenvalue weighted by atomic mass is 9.82. The van der Waals surface area contributed by atoms with Gasteiger partial charge in [0.2, 0.25) is 5.60 Å². The number of quaternary nitrogens is 1. The Morgan fingerprint density at radius 2 is 1.43 bits per heavy atom. The first-order valence-corrected chi connectivity index (χ1v) is 12.8. The van der Waals surface area contributed by atoms with Crippen molar-refractivity contribution < 1.29 is 19.1 Å². The number of fused-ring (bicyclic) bond motifs is 3. The Labute approximate surface area is 208 Å². The number of aliphatic hydroxyl groups is 1. The van der Waals surface area contributed by atoms with Crippen LogP contribution in [0.25, 0.3) is 0 Å². The molecule has 0 amide bonds. The zero-order valence-electron chi connectivity index (χ0n) is 20.8. The minimum atomic E-state index is -1.83. The molecule has 0 saturated carbocycles. The summed E-state index contributed by atoms with van der Waals surface area (Å²) in [5.74, 6) is -0.193. The van der Waals surface area contributed by atoms with E-state index in [1.807, 2.05) is 62.4 Å². The van der Waals surface area contributed by atoms with Gasteiger partial charge in [-0.1, -0.05) is 90.0 Å². The van der Waals surface area contributed by atoms with E-state index in [1.54, 1.807) is 0 Å². The fraction of sp³-hybridized carbons (Fsp3) is 0.387. The number of hydrogen-bond donors (Lipinski definition) is 1. The Kier molecular flexibility index (Phi) is 6.52. The standard InChI is InChI=1S/C31H36NO3/c1-23-8-12-27(13-9-23)31(34,28-14-10-24(2)11-15-28)30(33)35-29-22-32(20-17-26(29)18-21-32)19-16-25-6-4-3-5-7-25/h3-15,26,29,34H,16-22H2,1-2H3/q+1/t26?,29-,32?/m0/s1. The van der Waals surface area contributed by atoms with E-state index >= 15 is 0 Å². The lowest BCUT2D eigenvalue weighted by Gasteiger charge is -2.52. The van der Waals surface area contributed by atoms with Crippen molar-refractivity contribution in [3.05, 3.63) is 107 Å². The SMILES string of the molecule is Cc1ccc(C(O)(C(=O)O[C@H]2C[N+]3(CCc4ccccc4)CCC2CC3)c2ccc(C)cc2)cc1. The normalized spacial score (nSPS) is 23.7. The van der Waals surface area contributed by atoms with Crippen LogP contribution in [0, 0.1) is 19.8 Å². The molecule has 3 aliphatic rings. The van der Waals surface area contributed by atoms with Crippen molar-refractivity contribution in [2.75, 3.05) is 26.2 Å². The molecule has 0 aliphatic carbocycles. The van der Waals surface area contributed by atoms with Crippen LogP contribution in [0.2, 0.25) is 0 Å². The highest BCUT2D eigenvalue weighted by Crippen LogP contribution is 2.38. The van der Waals surface area contributed by atoms with E-state index in [-0.39, 0.29) is 6.10 Å². The second-order valence-electron chi connectivity index (χ2n) is 10.7. The number of aryl methyl sites for hydroxylation is 2. The number of rotatable bonds is 7. The number of hydrogen-bond acceptors (Lipinski definition) is 3. The molecule has 0 unspecified atom stereocenters. The molecule has 2 bridgehead atoms. The van der Waals surface area contributed by atoms with Crippen molar-refractivity contribution in [3.8, 4) is 0 Å². The molecule has 3 aromatic carbocycles. The predicted molar refractivity (Wildman–Crippen MR) is 138 cm³/mol. The van der Waals surface area contributed by atoms with Crippen LogP contribution in [0.1, 0.15) is 40.7 Å². The van der Waals surface area contributed by atoms with Crippen LogP contribution in [0.4, 0.5) is 0 Å². The maximum atomic E-state index is 13.8. The van der Waals surface area contributed by atoms with Gasteiger partial charge < -0.3 is 14.3 Å². The van der Waals surface area contributed by atoms with Crippen LogP contribution in [0.3, 0.4) is 0 Å². The summed E-state index contributed by atoms with van der Waals surface area (Å²) in [5.41, 5.74) is 2.78. The highest BCUT2D eigenvalue weighted by Gasteiger charge is 2.50. The fourth-order valence-corrected chi connectivity index (χ4v) is 5.89. The molecule has 4 heteroatoms. The summed E-state index contributed by atoms with van der Waals surface area (Å²) in [5, 5.41) is 11.9. The second-order valence-corrected chi connectivity index (χ2v) is 10.7. The van der Waals surface area contributed by atoms with Crippen LogP contribution in [-0.2, 0) is 21.6 Å². The minimum absolute atomic E-state index is 0.164. The molecule has 0 radical (unpaired) electrons. The highest BCUT2D eigenvalue weighted by atomic mass is 16.6. The van der Waals surface area contributed by atoms with E-state index in [0.717, 1.165) is 61.1 Å². The summed E-state index contributed by atoms with van der Waals surface area (Å²) in [6, 6.07) is 25.7. The third-order valence-corrected chi connectivity index (χ3v) is 8.25. The van der Waals surface area contributed by atoms with Crippen LogP contribution < -0.4 is 0 Å². The van der Waals surface area contributed by atoms with E-state index in [9.17, 15) is 9.90 Å². The van der Waals surface area contributed by atoms with Gasteiger partial charge in [0.15, 0.2) is 6.10 Å². The van der Waals surface area contributed by atoms with Crippen molar-refractivity contribution in [1.82, 2.24) is 0 Å². The number of ether oxygens (including phenoxy) is 1. The van der Waals surface area contributed by atoms with Crippen LogP contribution >= 0.6 is 0 Å². The van der Waals surface area contributed by atoms with Crippen molar-refractivity contribution >= 4 is 5.97 Å². The maximum Gasteiger partial charge on any atom is 0.348 e. The third kappa shape index (κ3) is 4.78. The molecule has 6 rings (SSSR count). The zero-order chi connectivity index (χ0) is 24.5. The number of carbonyl (C=O) groups is 1. The number of esters is 1. The number of piperidine rings is 3. The largest absolute Gasteiger partial charge is 0.453 e. The van der Waals surface area contributed by atoms with Gasteiger partial charge in [0.05, 0.1) is 19.6 Å². The number of carbonyl (C=O) groups excluding carboxylic acids is 1. The second kappa shape index (κ2) is 9.60. The number of benzene rings is 3. The molecule has 1 atom stereocenters. The molecular weight excluding hydrogens is 434 g/mol. The lowest BCUT2D eigenvalue weighted by Crippen LogP contribution is -2.65. The zero-order valence-corrected chi connectivity index (χ0v) is 20.8. The summed E-state index contributed by atoms with van der Waals surface area (Å²) >= 11 is 0. The van der Waals surface area contributed by atoms with Crippen molar-refractivity contribution in [1.29, 1.82) is 0 Å². The van der Waals surface area contributed by atoms with Gasteiger partial charge in [-0.15, -0.1) is 0 Å². The first-order valence-electron chi connectivity index (χ1n) is 12.8. The van der Waals surface area contributed by atoms with E-state index < -0.39 is 11.6 Å². The quantitative estimate of drug-likeness (QED) is 0.393. The molecule has 35 heavy (non-hydrogen) atoms. The van der Waals surface area contributed by atoms with Gasteiger partial charge in [0, 0.05) is 25.2 Å². The average Bonchev–Trinajstić information content (AvgIpc) is 2.89. The van der Waals surface area contributed by atoms with E-state index in [2.05, 4.69) is 30.3 Å². The monoisotopic (exact) mass is 470 g/mol. The molecule has 0 aromatic heterocycles. The summed E-state index contributed by atoms with van der Waals surface area (Å²) < 4.78 is 7.23. The average molecular weight is 471 g/mol. The first kappa shape index (κ1) is 23.8. The molecule has 3 aromatic rings. The van der Waals surface area contributed by atoms with E-state index in [1.165, 1.54) is 5.56 Å². The molecule has 1 N–H and O–H groups in total. The van der Waals surface area contributed by atoms with Crippen molar-refractivity contribution in [2.24, 2.45) is 5.92 Å². The summed E-state index contributed by atoms with van der Waals surface area (Å²) in [6.07, 6.45) is 3.01. The van der Waals surface area contributed by atoms with E-state index in [0.29, 0.717) is 17.0 Å². The van der Waals surface area contributed by atoms with Gasteiger partial charge in [0.25, 0.3) is 0 Å². The van der Waals surface area contributed by atoms with Crippen LogP contribution in [-0.4, -0.2) is 47.8 Å². The van der Waals surface area contributed by atoms with Gasteiger partial charge >= 0.3 is 5.97 Å². The first-order chi connectivity index (χ1) is 16.9. The molecular formula is C31H36NO3+. The summed E-state index contributed by atoms with van der Waals surface area (Å²) in [7, 11) is 0. The fourth-order valence-electron chi connectivity index (χ4n) is 5.89. The third-order valence-electron chi connectivity index (χ3n) is 8.25. The molecule has 0 spiro atoms. The van der Waals surface area contributed by atoms with Gasteiger partial charge in [-0.2, -0.15) is 0 Å². The minimum Gasteiger partial charge on any atom is -0.453 e. The predicted octanol–water partition coefficient (Wildman–Crippen LogP) is 4.93. The molecule has 3 saturated heterocycles. The smallest absolute Gasteiger partial charge is 0.348 e. The molecule has 3 aliphatic heterocycles. The maximum absolute atomic E-state index is 13.8. The van der Waals surface area contributed by atoms with Gasteiger partial charge in [-0.05, 0) is 30.5 Å². The van der Waals surface area contributed by atoms with Gasteiger partial charge in [-0.3, -0.25) is 0 Å². The van der Waals surface area contributed by atoms with Gasteiger partial charge in [0.1, 0.15) is 6.54 Å². The van der Waals surface area contributed by atoms with E-state index in [4.69, 9.17) is 4.74 Å². The topological polar surface area (TPSA) is 46.5 Å². The summed E-state index contributed by atoms with van der Waals surface area (Å²) in [6.45, 7) is 8.18. The highest BCUT2D eigenvalue weighted by molar-refractivity contribution is 5.85. The van der Waals surface area contributed by atoms with Gasteiger partial charge in [-0.25, -0.2) is 4.79 Å². The molecule has 3 heterocycles.